The Morgan fingerprint density at radius 2 is 1.87 bits per heavy atom. The van der Waals surface area contributed by atoms with Crippen molar-refractivity contribution in [1.82, 2.24) is 0 Å². The first-order valence-corrected chi connectivity index (χ1v) is 7.15. The van der Waals surface area contributed by atoms with Gasteiger partial charge in [0, 0.05) is 0 Å². The average Bonchev–Trinajstić information content (AvgIpc) is 2.54. The van der Waals surface area contributed by atoms with Crippen molar-refractivity contribution in [2.24, 2.45) is 23.7 Å². The monoisotopic (exact) mass is 210 g/mol. The van der Waals surface area contributed by atoms with Gasteiger partial charge in [0.15, 0.2) is 0 Å². The molecule has 0 amide bonds. The zero-order chi connectivity index (χ0) is 11.3. The lowest BCUT2D eigenvalue weighted by molar-refractivity contribution is 0.287. The molecule has 1 rings (SSSR count). The summed E-state index contributed by atoms with van der Waals surface area (Å²) in [6, 6.07) is 0. The molecule has 0 saturated heterocycles. The van der Waals surface area contributed by atoms with Gasteiger partial charge in [0.2, 0.25) is 0 Å². The van der Waals surface area contributed by atoms with Gasteiger partial charge < -0.3 is 0 Å². The fourth-order valence-electron chi connectivity index (χ4n) is 3.33. The molecule has 0 aliphatic heterocycles. The molecule has 0 aromatic rings. The number of hydrogen-bond donors (Lipinski definition) is 0. The van der Waals surface area contributed by atoms with Gasteiger partial charge in [-0.25, -0.2) is 0 Å². The van der Waals surface area contributed by atoms with Gasteiger partial charge in [-0.05, 0) is 36.5 Å². The summed E-state index contributed by atoms with van der Waals surface area (Å²) < 4.78 is 0. The lowest BCUT2D eigenvalue weighted by Crippen LogP contribution is -2.12. The van der Waals surface area contributed by atoms with Gasteiger partial charge in [-0.1, -0.05) is 59.8 Å². The first kappa shape index (κ1) is 13.1. The molecule has 0 aromatic carbocycles. The maximum Gasteiger partial charge on any atom is -0.0360 e. The zero-order valence-corrected chi connectivity index (χ0v) is 11.3. The van der Waals surface area contributed by atoms with Gasteiger partial charge >= 0.3 is 0 Å². The van der Waals surface area contributed by atoms with E-state index in [9.17, 15) is 0 Å². The minimum atomic E-state index is 0.896. The summed E-state index contributed by atoms with van der Waals surface area (Å²) in [5, 5.41) is 0. The molecule has 1 aliphatic rings. The predicted molar refractivity (Wildman–Crippen MR) is 69.0 cm³/mol. The fourth-order valence-corrected chi connectivity index (χ4v) is 3.33. The highest BCUT2D eigenvalue weighted by Gasteiger charge is 2.31. The van der Waals surface area contributed by atoms with Gasteiger partial charge in [-0.3, -0.25) is 0 Å². The van der Waals surface area contributed by atoms with Crippen molar-refractivity contribution in [1.29, 1.82) is 0 Å². The molecular formula is C15H30. The van der Waals surface area contributed by atoms with Crippen molar-refractivity contribution in [3.8, 4) is 0 Å². The van der Waals surface area contributed by atoms with E-state index in [1.807, 2.05) is 0 Å². The van der Waals surface area contributed by atoms with Crippen molar-refractivity contribution in [3.63, 3.8) is 0 Å². The van der Waals surface area contributed by atoms with Crippen LogP contribution >= 0.6 is 0 Å². The van der Waals surface area contributed by atoms with Crippen LogP contribution in [0.25, 0.3) is 0 Å². The van der Waals surface area contributed by atoms with Gasteiger partial charge in [-0.15, -0.1) is 0 Å². The second-order valence-electron chi connectivity index (χ2n) is 6.07. The second kappa shape index (κ2) is 6.55. The van der Waals surface area contributed by atoms with Crippen LogP contribution in [0.15, 0.2) is 0 Å². The Kier molecular flexibility index (Phi) is 5.71. The van der Waals surface area contributed by atoms with Crippen LogP contribution in [-0.2, 0) is 0 Å². The van der Waals surface area contributed by atoms with E-state index < -0.39 is 0 Å². The van der Waals surface area contributed by atoms with Crippen molar-refractivity contribution < 1.29 is 0 Å². The molecule has 90 valence electrons. The molecule has 1 saturated carbocycles. The van der Waals surface area contributed by atoms with E-state index in [0.717, 1.165) is 23.7 Å². The van der Waals surface area contributed by atoms with Crippen LogP contribution in [0, 0.1) is 23.7 Å². The summed E-state index contributed by atoms with van der Waals surface area (Å²) in [4.78, 5) is 0. The molecule has 1 fully saturated rings. The summed E-state index contributed by atoms with van der Waals surface area (Å²) in [5.74, 6) is 4.02. The third-order valence-corrected chi connectivity index (χ3v) is 4.42. The van der Waals surface area contributed by atoms with Crippen LogP contribution in [0.4, 0.5) is 0 Å². The van der Waals surface area contributed by atoms with Gasteiger partial charge in [0.05, 0.1) is 0 Å². The van der Waals surface area contributed by atoms with Crippen molar-refractivity contribution in [3.05, 3.63) is 0 Å². The van der Waals surface area contributed by atoms with Crippen molar-refractivity contribution in [2.45, 2.75) is 72.6 Å². The van der Waals surface area contributed by atoms with Crippen LogP contribution in [0.3, 0.4) is 0 Å². The third kappa shape index (κ3) is 4.17. The summed E-state index contributed by atoms with van der Waals surface area (Å²) >= 11 is 0. The first-order chi connectivity index (χ1) is 7.15. The SMILES string of the molecule is CCC1CCC(C)C1CCCCC(C)C. The van der Waals surface area contributed by atoms with Crippen LogP contribution in [0.5, 0.6) is 0 Å². The van der Waals surface area contributed by atoms with E-state index in [-0.39, 0.29) is 0 Å². The largest absolute Gasteiger partial charge is 0.0651 e. The maximum absolute atomic E-state index is 2.47. The van der Waals surface area contributed by atoms with E-state index in [0.29, 0.717) is 0 Å². The molecule has 1 aliphatic carbocycles. The summed E-state index contributed by atoms with van der Waals surface area (Å²) in [6.45, 7) is 9.53. The molecule has 0 N–H and O–H groups in total. The van der Waals surface area contributed by atoms with E-state index in [4.69, 9.17) is 0 Å². The molecule has 3 unspecified atom stereocenters. The van der Waals surface area contributed by atoms with E-state index >= 15 is 0 Å². The van der Waals surface area contributed by atoms with E-state index in [1.54, 1.807) is 0 Å². The van der Waals surface area contributed by atoms with Crippen LogP contribution < -0.4 is 0 Å². The molecular weight excluding hydrogens is 180 g/mol. The molecule has 0 nitrogen and oxygen atoms in total. The minimum absolute atomic E-state index is 0.896. The van der Waals surface area contributed by atoms with Crippen LogP contribution in [0.1, 0.15) is 72.6 Å². The zero-order valence-electron chi connectivity index (χ0n) is 11.3. The van der Waals surface area contributed by atoms with Crippen LogP contribution in [0.2, 0.25) is 0 Å². The summed E-state index contributed by atoms with van der Waals surface area (Å²) in [6.07, 6.45) is 10.3. The Hall–Kier alpha value is 0. The van der Waals surface area contributed by atoms with Gasteiger partial charge in [-0.2, -0.15) is 0 Å². The normalized spacial score (nSPS) is 31.4. The summed E-state index contributed by atoms with van der Waals surface area (Å²) in [7, 11) is 0. The lowest BCUT2D eigenvalue weighted by Gasteiger charge is -2.21. The average molecular weight is 210 g/mol. The lowest BCUT2D eigenvalue weighted by atomic mass is 9.84. The minimum Gasteiger partial charge on any atom is -0.0651 e. The highest BCUT2D eigenvalue weighted by atomic mass is 14.4. The Bertz CT molecular complexity index is 159. The maximum atomic E-state index is 2.47. The smallest absolute Gasteiger partial charge is 0.0360 e. The first-order valence-electron chi connectivity index (χ1n) is 7.15. The predicted octanol–water partition coefficient (Wildman–Crippen LogP) is 5.28. The van der Waals surface area contributed by atoms with Gasteiger partial charge in [0.25, 0.3) is 0 Å². The van der Waals surface area contributed by atoms with Crippen molar-refractivity contribution in [2.75, 3.05) is 0 Å². The highest BCUT2D eigenvalue weighted by molar-refractivity contribution is 4.81. The number of unbranched alkanes of at least 4 members (excludes halogenated alkanes) is 1. The Morgan fingerprint density at radius 3 is 2.47 bits per heavy atom. The molecule has 0 heteroatoms. The topological polar surface area (TPSA) is 0 Å². The van der Waals surface area contributed by atoms with E-state index in [2.05, 4.69) is 27.7 Å². The Morgan fingerprint density at radius 1 is 1.13 bits per heavy atom. The van der Waals surface area contributed by atoms with Crippen molar-refractivity contribution >= 4 is 0 Å². The van der Waals surface area contributed by atoms with E-state index in [1.165, 1.54) is 44.9 Å². The van der Waals surface area contributed by atoms with Gasteiger partial charge in [0.1, 0.15) is 0 Å². The molecule has 0 spiro atoms. The molecule has 0 heterocycles. The number of hydrogen-bond acceptors (Lipinski definition) is 0. The molecule has 0 aromatic heterocycles. The van der Waals surface area contributed by atoms with Crippen LogP contribution in [-0.4, -0.2) is 0 Å². The molecule has 0 bridgehead atoms. The Labute approximate surface area is 96.8 Å². The standard InChI is InChI=1S/C15H30/c1-5-14-11-10-13(4)15(14)9-7-6-8-12(2)3/h12-15H,5-11H2,1-4H3. The quantitative estimate of drug-likeness (QED) is 0.524. The fraction of sp³-hybridized carbons (Fsp3) is 1.00. The Balaban J connectivity index is 2.18. The molecule has 15 heavy (non-hydrogen) atoms. The second-order valence-corrected chi connectivity index (χ2v) is 6.07. The highest BCUT2D eigenvalue weighted by Crippen LogP contribution is 2.41. The molecule has 3 atom stereocenters. The third-order valence-electron chi connectivity index (χ3n) is 4.42. The molecule has 0 radical (unpaired) electrons. The number of rotatable bonds is 6. The summed E-state index contributed by atoms with van der Waals surface area (Å²) in [5.41, 5.74) is 0.